The lowest BCUT2D eigenvalue weighted by atomic mass is 10.2. The number of halogens is 3. The molecule has 0 atom stereocenters. The maximum Gasteiger partial charge on any atom is 0.417 e. The molecule has 0 aliphatic carbocycles. The molecule has 1 aliphatic rings. The number of hydrogen-bond acceptors (Lipinski definition) is 7. The molecule has 1 aliphatic heterocycles. The van der Waals surface area contributed by atoms with Crippen LogP contribution in [0.15, 0.2) is 47.6 Å². The van der Waals surface area contributed by atoms with Crippen molar-refractivity contribution in [3.8, 4) is 0 Å². The Balaban J connectivity index is 1.49. The summed E-state index contributed by atoms with van der Waals surface area (Å²) in [6.45, 7) is 2.15. The van der Waals surface area contributed by atoms with Gasteiger partial charge in [0, 0.05) is 32.4 Å². The first-order valence-electron chi connectivity index (χ1n) is 10.1. The molecule has 0 N–H and O–H groups in total. The molecule has 182 valence electrons. The monoisotopic (exact) mass is 507 g/mol. The van der Waals surface area contributed by atoms with Gasteiger partial charge in [0.05, 0.1) is 34.7 Å². The Hall–Kier alpha value is -2.22. The quantitative estimate of drug-likeness (QED) is 0.400. The van der Waals surface area contributed by atoms with Gasteiger partial charge in [-0.1, -0.05) is 17.7 Å². The summed E-state index contributed by atoms with van der Waals surface area (Å²) in [5.41, 5.74) is 0.302. The number of nitrogens with zero attached hydrogens (tertiary/aromatic N) is 3. The molecular formula is C20H24F3N3O5S2. The number of pyridine rings is 1. The second-order valence-corrected chi connectivity index (χ2v) is 11.3. The van der Waals surface area contributed by atoms with E-state index >= 15 is 0 Å². The van der Waals surface area contributed by atoms with Gasteiger partial charge in [-0.3, -0.25) is 9.17 Å². The third-order valence-corrected chi connectivity index (χ3v) is 8.43. The van der Waals surface area contributed by atoms with E-state index in [1.54, 1.807) is 17.0 Å². The molecular weight excluding hydrogens is 483 g/mol. The van der Waals surface area contributed by atoms with Crippen molar-refractivity contribution in [3.05, 3.63) is 53.9 Å². The van der Waals surface area contributed by atoms with Crippen LogP contribution in [0.1, 0.15) is 17.5 Å². The van der Waals surface area contributed by atoms with Gasteiger partial charge in [-0.15, -0.1) is 0 Å². The fraction of sp³-hybridized carbons (Fsp3) is 0.450. The van der Waals surface area contributed by atoms with Crippen LogP contribution in [0.3, 0.4) is 0 Å². The van der Waals surface area contributed by atoms with Gasteiger partial charge >= 0.3 is 6.18 Å². The molecule has 2 aromatic rings. The maximum absolute atomic E-state index is 12.9. The van der Waals surface area contributed by atoms with Crippen molar-refractivity contribution < 1.29 is 34.2 Å². The van der Waals surface area contributed by atoms with E-state index in [4.69, 9.17) is 4.18 Å². The Morgan fingerprint density at radius 3 is 2.24 bits per heavy atom. The highest BCUT2D eigenvalue weighted by molar-refractivity contribution is 7.89. The fourth-order valence-electron chi connectivity index (χ4n) is 3.29. The SMILES string of the molecule is Cc1ccc(S(=O)(=O)OCCCS(=O)(=O)N2CCN(c3cncc(C(F)(F)F)c3)CC2)cc1. The van der Waals surface area contributed by atoms with Crippen molar-refractivity contribution >= 4 is 25.8 Å². The lowest BCUT2D eigenvalue weighted by Crippen LogP contribution is -2.49. The van der Waals surface area contributed by atoms with E-state index in [1.807, 2.05) is 6.92 Å². The van der Waals surface area contributed by atoms with E-state index in [0.717, 1.165) is 17.8 Å². The summed E-state index contributed by atoms with van der Waals surface area (Å²) in [7, 11) is -7.64. The molecule has 0 bridgehead atoms. The minimum atomic E-state index is -4.51. The second kappa shape index (κ2) is 9.95. The van der Waals surface area contributed by atoms with Crippen molar-refractivity contribution in [2.75, 3.05) is 43.4 Å². The average molecular weight is 508 g/mol. The zero-order valence-electron chi connectivity index (χ0n) is 17.8. The van der Waals surface area contributed by atoms with Crippen molar-refractivity contribution in [1.29, 1.82) is 0 Å². The number of anilines is 1. The van der Waals surface area contributed by atoms with Crippen LogP contribution in [0, 0.1) is 6.92 Å². The van der Waals surface area contributed by atoms with E-state index in [1.165, 1.54) is 22.6 Å². The van der Waals surface area contributed by atoms with Crippen LogP contribution in [-0.4, -0.2) is 64.7 Å². The normalized spacial score (nSPS) is 16.2. The summed E-state index contributed by atoms with van der Waals surface area (Å²) >= 11 is 0. The standard InChI is InChI=1S/C20H24F3N3O5S2/c1-16-3-5-19(6-4-16)33(29,30)31-11-2-12-32(27,28)26-9-7-25(8-10-26)18-13-17(14-24-15-18)20(21,22)23/h3-6,13-15H,2,7-12H2,1H3. The molecule has 1 saturated heterocycles. The molecule has 1 aromatic heterocycles. The van der Waals surface area contributed by atoms with Gasteiger partial charge in [-0.25, -0.2) is 8.42 Å². The Morgan fingerprint density at radius 1 is 1.00 bits per heavy atom. The molecule has 0 spiro atoms. The number of aromatic nitrogens is 1. The van der Waals surface area contributed by atoms with Crippen LogP contribution in [0.5, 0.6) is 0 Å². The molecule has 0 saturated carbocycles. The summed E-state index contributed by atoms with van der Waals surface area (Å²) < 4.78 is 94.4. The van der Waals surface area contributed by atoms with Gasteiger partial charge in [0.2, 0.25) is 10.0 Å². The smallest absolute Gasteiger partial charge is 0.368 e. The van der Waals surface area contributed by atoms with Crippen molar-refractivity contribution in [1.82, 2.24) is 9.29 Å². The van der Waals surface area contributed by atoms with Gasteiger partial charge in [-0.2, -0.15) is 25.9 Å². The number of sulfonamides is 1. The molecule has 0 amide bonds. The second-order valence-electron chi connectivity index (χ2n) is 7.57. The Labute approximate surface area is 191 Å². The molecule has 3 rings (SSSR count). The highest BCUT2D eigenvalue weighted by Crippen LogP contribution is 2.31. The summed E-state index contributed by atoms with van der Waals surface area (Å²) in [4.78, 5) is 5.27. The zero-order valence-corrected chi connectivity index (χ0v) is 19.5. The van der Waals surface area contributed by atoms with E-state index in [9.17, 15) is 30.0 Å². The Kier molecular flexibility index (Phi) is 7.66. The van der Waals surface area contributed by atoms with Gasteiger partial charge in [-0.05, 0) is 31.5 Å². The summed E-state index contributed by atoms with van der Waals surface area (Å²) in [6.07, 6.45) is -2.48. The lowest BCUT2D eigenvalue weighted by Gasteiger charge is -2.35. The highest BCUT2D eigenvalue weighted by Gasteiger charge is 2.32. The lowest BCUT2D eigenvalue weighted by molar-refractivity contribution is -0.137. The minimum Gasteiger partial charge on any atom is -0.368 e. The number of benzene rings is 1. The van der Waals surface area contributed by atoms with E-state index in [2.05, 4.69) is 4.98 Å². The number of rotatable bonds is 8. The van der Waals surface area contributed by atoms with Crippen molar-refractivity contribution in [3.63, 3.8) is 0 Å². The van der Waals surface area contributed by atoms with Crippen LogP contribution in [0.25, 0.3) is 0 Å². The zero-order chi connectivity index (χ0) is 24.3. The number of piperazine rings is 1. The van der Waals surface area contributed by atoms with Gasteiger partial charge in [0.1, 0.15) is 0 Å². The van der Waals surface area contributed by atoms with Crippen LogP contribution in [-0.2, 0) is 30.5 Å². The third kappa shape index (κ3) is 6.65. The molecule has 0 unspecified atom stereocenters. The first-order valence-corrected chi connectivity index (χ1v) is 13.1. The summed E-state index contributed by atoms with van der Waals surface area (Å²) in [5, 5.41) is 0. The number of hydrogen-bond donors (Lipinski definition) is 0. The summed E-state index contributed by atoms with van der Waals surface area (Å²) in [5.74, 6) is -0.304. The van der Waals surface area contributed by atoms with Crippen LogP contribution >= 0.6 is 0 Å². The third-order valence-electron chi connectivity index (χ3n) is 5.14. The first-order chi connectivity index (χ1) is 15.4. The number of alkyl halides is 3. The first kappa shape index (κ1) is 25.4. The molecule has 2 heterocycles. The van der Waals surface area contributed by atoms with E-state index in [0.29, 0.717) is 0 Å². The van der Waals surface area contributed by atoms with Crippen LogP contribution < -0.4 is 4.90 Å². The molecule has 13 heteroatoms. The van der Waals surface area contributed by atoms with Gasteiger partial charge in [0.15, 0.2) is 0 Å². The molecule has 1 fully saturated rings. The molecule has 1 aromatic carbocycles. The number of aryl methyl sites for hydroxylation is 1. The predicted octanol–water partition coefficient (Wildman–Crippen LogP) is 2.66. The molecule has 8 nitrogen and oxygen atoms in total. The van der Waals surface area contributed by atoms with E-state index in [-0.39, 0.29) is 55.5 Å². The van der Waals surface area contributed by atoms with Crippen molar-refractivity contribution in [2.24, 2.45) is 0 Å². The summed E-state index contributed by atoms with van der Waals surface area (Å²) in [6, 6.07) is 7.09. The van der Waals surface area contributed by atoms with Gasteiger partial charge < -0.3 is 4.90 Å². The fourth-order valence-corrected chi connectivity index (χ4v) is 5.70. The predicted molar refractivity (Wildman–Crippen MR) is 116 cm³/mol. The van der Waals surface area contributed by atoms with Crippen molar-refractivity contribution in [2.45, 2.75) is 24.4 Å². The van der Waals surface area contributed by atoms with Crippen LogP contribution in [0.2, 0.25) is 0 Å². The minimum absolute atomic E-state index is 0.00355. The molecule has 0 radical (unpaired) electrons. The topological polar surface area (TPSA) is 96.9 Å². The Morgan fingerprint density at radius 2 is 1.64 bits per heavy atom. The van der Waals surface area contributed by atoms with E-state index < -0.39 is 31.9 Å². The van der Waals surface area contributed by atoms with Gasteiger partial charge in [0.25, 0.3) is 10.1 Å². The highest BCUT2D eigenvalue weighted by atomic mass is 32.2. The maximum atomic E-state index is 12.9. The molecule has 33 heavy (non-hydrogen) atoms. The largest absolute Gasteiger partial charge is 0.417 e. The Bertz CT molecular complexity index is 1160. The average Bonchev–Trinajstić information content (AvgIpc) is 2.77. The van der Waals surface area contributed by atoms with Crippen LogP contribution in [0.4, 0.5) is 18.9 Å².